The quantitative estimate of drug-likeness (QED) is 0.242. The number of fused-ring (bicyclic) bond motifs is 8. The molecule has 45 heavy (non-hydrogen) atoms. The van der Waals surface area contributed by atoms with Gasteiger partial charge in [0.05, 0.1) is 47.5 Å². The Bertz CT molecular complexity index is 1940. The Kier molecular flexibility index (Phi) is 9.35. The summed E-state index contributed by atoms with van der Waals surface area (Å²) in [6, 6.07) is 6.23. The second-order valence-electron chi connectivity index (χ2n) is 11.6. The lowest BCUT2D eigenvalue weighted by molar-refractivity contribution is -0.141. The number of nitrogens with one attached hydrogen (secondary N) is 2. The minimum absolute atomic E-state index is 0.206. The molecule has 5 heterocycles. The zero-order valence-corrected chi connectivity index (χ0v) is 28.1. The first-order valence-corrected chi connectivity index (χ1v) is 15.9. The summed E-state index contributed by atoms with van der Waals surface area (Å²) in [6.45, 7) is 12.6. The number of hydrogen-bond donors (Lipinski definition) is 2. The minimum Gasteiger partial charge on any atom is -0.469 e. The number of carbonyl (C=O) groups excluding carboxylic acids is 2. The summed E-state index contributed by atoms with van der Waals surface area (Å²) in [5.74, 6) is -0.579. The van der Waals surface area contributed by atoms with Crippen molar-refractivity contribution in [2.24, 2.45) is 0 Å². The van der Waals surface area contributed by atoms with E-state index >= 15 is 0 Å². The average Bonchev–Trinajstić information content (AvgIpc) is 3.70. The average molecular weight is 629 g/mol. The number of ether oxygens (including phenoxy) is 2. The van der Waals surface area contributed by atoms with E-state index in [0.717, 1.165) is 74.2 Å². The van der Waals surface area contributed by atoms with E-state index < -0.39 is 0 Å². The molecule has 236 valence electrons. The van der Waals surface area contributed by atoms with Gasteiger partial charge in [-0.25, -0.2) is 9.97 Å². The third kappa shape index (κ3) is 5.96. The SMILES string of the molecule is CCc1c(C)c2cc3nc(cc4nc(c(Cl)c5[nH]c(cc1[nH]2)c(CC)c5C)C(C)=C4CCC(=O)OC)C(CCC(=O)OC)=C3C. The molecule has 0 atom stereocenters. The second-order valence-corrected chi connectivity index (χ2v) is 12.0. The van der Waals surface area contributed by atoms with E-state index in [9.17, 15) is 9.59 Å². The topological polar surface area (TPSA) is 110 Å². The molecule has 5 rings (SSSR count). The summed E-state index contributed by atoms with van der Waals surface area (Å²) < 4.78 is 9.90. The molecule has 2 aliphatic heterocycles. The third-order valence-corrected chi connectivity index (χ3v) is 9.56. The van der Waals surface area contributed by atoms with E-state index in [-0.39, 0.29) is 24.8 Å². The van der Waals surface area contributed by atoms with Gasteiger partial charge in [0.2, 0.25) is 0 Å². The molecule has 0 amide bonds. The van der Waals surface area contributed by atoms with Crippen LogP contribution in [0.3, 0.4) is 0 Å². The summed E-state index contributed by atoms with van der Waals surface area (Å²) >= 11 is 7.22. The van der Waals surface area contributed by atoms with Gasteiger partial charge in [0.15, 0.2) is 0 Å². The maximum absolute atomic E-state index is 12.2. The largest absolute Gasteiger partial charge is 0.469 e. The van der Waals surface area contributed by atoms with Crippen molar-refractivity contribution in [2.75, 3.05) is 14.2 Å². The molecule has 8 bridgehead atoms. The van der Waals surface area contributed by atoms with E-state index in [2.05, 4.69) is 49.8 Å². The lowest BCUT2D eigenvalue weighted by Crippen LogP contribution is -2.01. The van der Waals surface area contributed by atoms with Gasteiger partial charge >= 0.3 is 11.9 Å². The number of hydrogen-bond acceptors (Lipinski definition) is 6. The van der Waals surface area contributed by atoms with Gasteiger partial charge in [-0.2, -0.15) is 0 Å². The number of halogens is 1. The highest BCUT2D eigenvalue weighted by atomic mass is 35.5. The number of esters is 2. The monoisotopic (exact) mass is 628 g/mol. The van der Waals surface area contributed by atoms with Crippen LogP contribution < -0.4 is 0 Å². The molecule has 0 fully saturated rings. The molecule has 3 aromatic heterocycles. The lowest BCUT2D eigenvalue weighted by Gasteiger charge is -2.06. The van der Waals surface area contributed by atoms with Crippen molar-refractivity contribution in [2.45, 2.75) is 80.1 Å². The van der Waals surface area contributed by atoms with Crippen LogP contribution >= 0.6 is 11.6 Å². The molecule has 0 saturated carbocycles. The molecule has 0 aromatic carbocycles. The molecule has 2 aliphatic rings. The highest BCUT2D eigenvalue weighted by Gasteiger charge is 2.24. The van der Waals surface area contributed by atoms with Crippen molar-refractivity contribution in [3.05, 3.63) is 68.3 Å². The van der Waals surface area contributed by atoms with Gasteiger partial charge in [0, 0.05) is 29.4 Å². The van der Waals surface area contributed by atoms with Crippen LogP contribution in [-0.4, -0.2) is 46.1 Å². The van der Waals surface area contributed by atoms with Crippen molar-refractivity contribution in [3.63, 3.8) is 0 Å². The molecule has 9 heteroatoms. The first-order chi connectivity index (χ1) is 21.5. The normalized spacial score (nSPS) is 13.1. The molecular formula is C36H41ClN4O4. The first-order valence-electron chi connectivity index (χ1n) is 15.5. The molecule has 8 nitrogen and oxygen atoms in total. The van der Waals surface area contributed by atoms with Gasteiger partial charge in [0.1, 0.15) is 0 Å². The van der Waals surface area contributed by atoms with Crippen molar-refractivity contribution in [1.29, 1.82) is 0 Å². The summed E-state index contributed by atoms with van der Waals surface area (Å²) in [5, 5.41) is 0.524. The molecule has 0 radical (unpaired) electrons. The number of aromatic nitrogens is 4. The molecule has 0 spiro atoms. The van der Waals surface area contributed by atoms with E-state index in [1.54, 1.807) is 0 Å². The Morgan fingerprint density at radius 3 is 1.87 bits per heavy atom. The fraction of sp³-hybridized carbons (Fsp3) is 0.389. The van der Waals surface area contributed by atoms with Crippen LogP contribution in [0.2, 0.25) is 5.02 Å². The predicted octanol–water partition coefficient (Wildman–Crippen LogP) is 8.48. The highest BCUT2D eigenvalue weighted by molar-refractivity contribution is 6.36. The number of allylic oxidation sites excluding steroid dienone is 4. The Morgan fingerprint density at radius 1 is 0.711 bits per heavy atom. The Morgan fingerprint density at radius 2 is 1.27 bits per heavy atom. The van der Waals surface area contributed by atoms with Crippen molar-refractivity contribution >= 4 is 67.9 Å². The molecule has 0 aliphatic carbocycles. The maximum Gasteiger partial charge on any atom is 0.305 e. The summed E-state index contributed by atoms with van der Waals surface area (Å²) in [7, 11) is 2.79. The molecule has 0 unspecified atom stereocenters. The molecular weight excluding hydrogens is 588 g/mol. The van der Waals surface area contributed by atoms with E-state index in [4.69, 9.17) is 31.0 Å². The first kappa shape index (κ1) is 32.2. The fourth-order valence-corrected chi connectivity index (χ4v) is 6.88. The second kappa shape index (κ2) is 13.1. The van der Waals surface area contributed by atoms with Crippen molar-refractivity contribution in [3.8, 4) is 0 Å². The van der Waals surface area contributed by atoms with E-state index in [1.165, 1.54) is 30.9 Å². The maximum atomic E-state index is 12.2. The third-order valence-electron chi connectivity index (χ3n) is 9.19. The van der Waals surface area contributed by atoms with Gasteiger partial charge in [0.25, 0.3) is 0 Å². The Labute approximate surface area is 268 Å². The van der Waals surface area contributed by atoms with Gasteiger partial charge in [-0.3, -0.25) is 9.59 Å². The van der Waals surface area contributed by atoms with Crippen LogP contribution in [0.1, 0.15) is 98.4 Å². The van der Waals surface area contributed by atoms with Crippen molar-refractivity contribution in [1.82, 2.24) is 19.9 Å². The van der Waals surface area contributed by atoms with Crippen LogP contribution in [0.15, 0.2) is 18.2 Å². The fourth-order valence-electron chi connectivity index (χ4n) is 6.50. The number of methoxy groups -OCH3 is 2. The van der Waals surface area contributed by atoms with Gasteiger partial charge < -0.3 is 19.4 Å². The predicted molar refractivity (Wildman–Crippen MR) is 182 cm³/mol. The molecule has 3 aromatic rings. The number of aryl methyl sites for hydroxylation is 4. The van der Waals surface area contributed by atoms with Gasteiger partial charge in [-0.1, -0.05) is 25.4 Å². The Hall–Kier alpha value is -4.17. The molecule has 0 saturated heterocycles. The number of H-pyrrole nitrogens is 2. The highest BCUT2D eigenvalue weighted by Crippen LogP contribution is 2.40. The Balaban J connectivity index is 1.92. The van der Waals surface area contributed by atoms with Crippen LogP contribution in [0, 0.1) is 13.8 Å². The van der Waals surface area contributed by atoms with E-state index in [0.29, 0.717) is 29.3 Å². The van der Waals surface area contributed by atoms with Crippen LogP contribution in [0.4, 0.5) is 0 Å². The smallest absolute Gasteiger partial charge is 0.305 e. The van der Waals surface area contributed by atoms with Gasteiger partial charge in [-0.05, 0) is 116 Å². The van der Waals surface area contributed by atoms with Gasteiger partial charge in [-0.15, -0.1) is 0 Å². The summed E-state index contributed by atoms with van der Waals surface area (Å²) in [6.07, 6.45) is 3.04. The number of rotatable bonds is 8. The number of carbonyl (C=O) groups is 2. The van der Waals surface area contributed by atoms with Crippen LogP contribution in [0.25, 0.3) is 44.4 Å². The van der Waals surface area contributed by atoms with Crippen molar-refractivity contribution < 1.29 is 19.1 Å². The lowest BCUT2D eigenvalue weighted by atomic mass is 9.98. The van der Waals surface area contributed by atoms with E-state index in [1.807, 2.05) is 19.9 Å². The van der Waals surface area contributed by atoms with Crippen LogP contribution in [0.5, 0.6) is 0 Å². The summed E-state index contributed by atoms with van der Waals surface area (Å²) in [5.41, 5.74) is 15.2. The number of nitrogens with zero attached hydrogens (tertiary/aromatic N) is 2. The minimum atomic E-state index is -0.297. The number of aromatic amines is 2. The zero-order chi connectivity index (χ0) is 32.6. The van der Waals surface area contributed by atoms with Crippen LogP contribution in [-0.2, 0) is 31.9 Å². The molecule has 2 N–H and O–H groups in total. The zero-order valence-electron chi connectivity index (χ0n) is 27.4. The standard InChI is InChI=1S/C36H41ClN4O4/c1-9-22-18(3)26-15-27-19(4)24(11-13-32(42)44-7)30(39-27)17-31-25(12-14-33(43)45-8)21(6)36(41-31)34(37)35-20(5)23(10-2)29(40-35)16-28(22)38-26/h15-17,38,40H,9-14H2,1-8H3. The summed E-state index contributed by atoms with van der Waals surface area (Å²) in [4.78, 5) is 41.8.